The molecule has 0 saturated heterocycles. The van der Waals surface area contributed by atoms with E-state index < -0.39 is 11.3 Å². The molecular weight excluding hydrogens is 358 g/mol. The van der Waals surface area contributed by atoms with E-state index in [1.165, 1.54) is 29.5 Å². The Morgan fingerprint density at radius 1 is 1.20 bits per heavy atom. The normalized spacial score (nSPS) is 16.5. The second-order valence-electron chi connectivity index (χ2n) is 6.71. The summed E-state index contributed by atoms with van der Waals surface area (Å²) in [5, 5.41) is 17.0. The predicted molar refractivity (Wildman–Crippen MR) is 102 cm³/mol. The summed E-state index contributed by atoms with van der Waals surface area (Å²) in [5.74, 6) is 0.206. The molecule has 0 radical (unpaired) electrons. The Balaban J connectivity index is 1.74. The van der Waals surface area contributed by atoms with Crippen molar-refractivity contribution in [1.82, 2.24) is 20.8 Å². The lowest BCUT2D eigenvalue weighted by molar-refractivity contribution is -0.119. The van der Waals surface area contributed by atoms with Gasteiger partial charge in [0.05, 0.1) is 5.25 Å². The number of imide groups is 1. The molecule has 0 bridgehead atoms. The molecule has 9 heteroatoms. The highest BCUT2D eigenvalue weighted by Crippen LogP contribution is 2.29. The zero-order chi connectivity index (χ0) is 18.2. The van der Waals surface area contributed by atoms with E-state index in [4.69, 9.17) is 0 Å². The van der Waals surface area contributed by atoms with Crippen molar-refractivity contribution in [3.05, 3.63) is 0 Å². The van der Waals surface area contributed by atoms with Gasteiger partial charge in [-0.05, 0) is 25.7 Å². The lowest BCUT2D eigenvalue weighted by Gasteiger charge is -2.22. The van der Waals surface area contributed by atoms with Crippen molar-refractivity contribution in [2.75, 3.05) is 11.9 Å². The number of nitrogens with one attached hydrogen (secondary N) is 3. The van der Waals surface area contributed by atoms with Crippen LogP contribution in [0.15, 0.2) is 4.34 Å². The maximum absolute atomic E-state index is 12.2. The number of carbonyl (C=O) groups is 2. The van der Waals surface area contributed by atoms with Gasteiger partial charge in [-0.25, -0.2) is 4.79 Å². The molecule has 2 rings (SSSR count). The van der Waals surface area contributed by atoms with Gasteiger partial charge in [-0.3, -0.25) is 10.1 Å². The van der Waals surface area contributed by atoms with E-state index in [9.17, 15) is 9.59 Å². The van der Waals surface area contributed by atoms with Crippen molar-refractivity contribution >= 4 is 40.2 Å². The lowest BCUT2D eigenvalue weighted by atomic mass is 9.96. The van der Waals surface area contributed by atoms with E-state index in [1.54, 1.807) is 6.92 Å². The maximum atomic E-state index is 12.2. The molecule has 3 amide bonds. The average molecular weight is 386 g/mol. The molecule has 7 nitrogen and oxygen atoms in total. The van der Waals surface area contributed by atoms with Crippen LogP contribution >= 0.6 is 23.1 Å². The minimum Gasteiger partial charge on any atom is -0.360 e. The third-order valence-corrected chi connectivity index (χ3v) is 5.96. The summed E-state index contributed by atoms with van der Waals surface area (Å²) < 4.78 is 0.710. The smallest absolute Gasteiger partial charge is 0.321 e. The topological polar surface area (TPSA) is 96.0 Å². The summed E-state index contributed by atoms with van der Waals surface area (Å²) in [4.78, 5) is 24.1. The molecule has 25 heavy (non-hydrogen) atoms. The largest absolute Gasteiger partial charge is 0.360 e. The van der Waals surface area contributed by atoms with Gasteiger partial charge in [0.2, 0.25) is 11.0 Å². The van der Waals surface area contributed by atoms with Crippen LogP contribution in [0.3, 0.4) is 0 Å². The highest BCUT2D eigenvalue weighted by Gasteiger charge is 2.21. The fraction of sp³-hybridized carbons (Fsp3) is 0.750. The number of amides is 3. The molecule has 1 aliphatic carbocycles. The highest BCUT2D eigenvalue weighted by molar-refractivity contribution is 8.02. The third-order valence-electron chi connectivity index (χ3n) is 3.89. The second-order valence-corrected chi connectivity index (χ2v) is 9.27. The number of thioether (sulfide) groups is 1. The van der Waals surface area contributed by atoms with E-state index in [-0.39, 0.29) is 11.9 Å². The summed E-state index contributed by atoms with van der Waals surface area (Å²) in [7, 11) is 0. The van der Waals surface area contributed by atoms with Crippen LogP contribution in [0, 0.1) is 5.92 Å². The first-order chi connectivity index (χ1) is 11.9. The fourth-order valence-electron chi connectivity index (χ4n) is 2.51. The van der Waals surface area contributed by atoms with Crippen LogP contribution in [-0.4, -0.2) is 40.0 Å². The molecule has 0 spiro atoms. The van der Waals surface area contributed by atoms with Crippen molar-refractivity contribution in [2.24, 2.45) is 5.92 Å². The number of hydrogen-bond donors (Lipinski definition) is 3. The Labute approximate surface area is 157 Å². The molecule has 1 aromatic heterocycles. The Hall–Kier alpha value is -1.35. The van der Waals surface area contributed by atoms with Gasteiger partial charge in [0, 0.05) is 12.6 Å². The number of hydrogen-bond acceptors (Lipinski definition) is 7. The number of nitrogens with zero attached hydrogens (tertiary/aromatic N) is 2. The van der Waals surface area contributed by atoms with Crippen molar-refractivity contribution in [3.8, 4) is 0 Å². The van der Waals surface area contributed by atoms with Crippen LogP contribution in [0.4, 0.5) is 9.93 Å². The molecule has 0 unspecified atom stereocenters. The molecule has 1 fully saturated rings. The van der Waals surface area contributed by atoms with Gasteiger partial charge in [-0.1, -0.05) is 56.2 Å². The quantitative estimate of drug-likeness (QED) is 0.624. The average Bonchev–Trinajstić information content (AvgIpc) is 3.01. The standard InChI is InChI=1S/C16H27N5O2S2/c1-10(2)9-17-15-20-21-16(25-15)24-11(3)13(22)19-14(23)18-12-7-5-4-6-8-12/h10-12H,4-9H2,1-3H3,(H,17,20)(H2,18,19,22,23)/t11-/m0/s1. The van der Waals surface area contributed by atoms with E-state index in [0.717, 1.165) is 37.4 Å². The van der Waals surface area contributed by atoms with Gasteiger partial charge in [0.1, 0.15) is 0 Å². The zero-order valence-electron chi connectivity index (χ0n) is 15.0. The number of urea groups is 1. The number of carbonyl (C=O) groups excluding carboxylic acids is 2. The summed E-state index contributed by atoms with van der Waals surface area (Å²) in [6.07, 6.45) is 5.47. The summed E-state index contributed by atoms with van der Waals surface area (Å²) >= 11 is 2.72. The minimum atomic E-state index is -0.414. The fourth-order valence-corrected chi connectivity index (χ4v) is 4.41. The molecule has 0 aromatic carbocycles. The molecule has 1 aromatic rings. The Morgan fingerprint density at radius 3 is 2.60 bits per heavy atom. The molecule has 3 N–H and O–H groups in total. The highest BCUT2D eigenvalue weighted by atomic mass is 32.2. The van der Waals surface area contributed by atoms with Crippen molar-refractivity contribution in [3.63, 3.8) is 0 Å². The minimum absolute atomic E-state index is 0.183. The maximum Gasteiger partial charge on any atom is 0.321 e. The molecule has 1 atom stereocenters. The SMILES string of the molecule is CC(C)CNc1nnc(S[C@@H](C)C(=O)NC(=O)NC2CCCCC2)s1. The summed E-state index contributed by atoms with van der Waals surface area (Å²) in [5.41, 5.74) is 0. The Bertz CT molecular complexity index is 573. The van der Waals surface area contributed by atoms with Gasteiger partial charge in [-0.2, -0.15) is 0 Å². The third kappa shape index (κ3) is 7.19. The Morgan fingerprint density at radius 2 is 1.92 bits per heavy atom. The predicted octanol–water partition coefficient (Wildman–Crippen LogP) is 3.25. The number of rotatable bonds is 7. The number of anilines is 1. The van der Waals surface area contributed by atoms with Crippen LogP contribution in [0.5, 0.6) is 0 Å². The van der Waals surface area contributed by atoms with Crippen LogP contribution in [0.1, 0.15) is 52.9 Å². The van der Waals surface area contributed by atoms with E-state index >= 15 is 0 Å². The summed E-state index contributed by atoms with van der Waals surface area (Å²) in [6.45, 7) is 6.83. The van der Waals surface area contributed by atoms with Crippen LogP contribution in [0.2, 0.25) is 0 Å². The molecular formula is C16H27N5O2S2. The lowest BCUT2D eigenvalue weighted by Crippen LogP contribution is -2.47. The first-order valence-electron chi connectivity index (χ1n) is 8.79. The van der Waals surface area contributed by atoms with Gasteiger partial charge in [0.15, 0.2) is 4.34 Å². The molecule has 1 aliphatic rings. The monoisotopic (exact) mass is 385 g/mol. The van der Waals surface area contributed by atoms with Gasteiger partial charge in [-0.15, -0.1) is 10.2 Å². The second kappa shape index (κ2) is 9.96. The molecule has 0 aliphatic heterocycles. The zero-order valence-corrected chi connectivity index (χ0v) is 16.6. The Kier molecular flexibility index (Phi) is 7.95. The van der Waals surface area contributed by atoms with Crippen LogP contribution < -0.4 is 16.0 Å². The molecule has 140 valence electrons. The first kappa shape index (κ1) is 20.0. The van der Waals surface area contributed by atoms with Crippen molar-refractivity contribution in [2.45, 2.75) is 68.5 Å². The molecule has 1 heterocycles. The van der Waals surface area contributed by atoms with Crippen molar-refractivity contribution < 1.29 is 9.59 Å². The van der Waals surface area contributed by atoms with Gasteiger partial charge >= 0.3 is 6.03 Å². The van der Waals surface area contributed by atoms with Gasteiger partial charge in [0.25, 0.3) is 0 Å². The van der Waals surface area contributed by atoms with E-state index in [0.29, 0.717) is 10.3 Å². The van der Waals surface area contributed by atoms with E-state index in [2.05, 4.69) is 40.0 Å². The summed E-state index contributed by atoms with van der Waals surface area (Å²) in [6, 6.07) is -0.219. The van der Waals surface area contributed by atoms with Crippen molar-refractivity contribution in [1.29, 1.82) is 0 Å². The van der Waals surface area contributed by atoms with E-state index in [1.807, 2.05) is 0 Å². The van der Waals surface area contributed by atoms with Crippen LogP contribution in [-0.2, 0) is 4.79 Å². The first-order valence-corrected chi connectivity index (χ1v) is 10.5. The van der Waals surface area contributed by atoms with Crippen LogP contribution in [0.25, 0.3) is 0 Å². The number of aromatic nitrogens is 2. The molecule has 1 saturated carbocycles. The van der Waals surface area contributed by atoms with Gasteiger partial charge < -0.3 is 10.6 Å².